The molecule has 0 fully saturated rings. The van der Waals surface area contributed by atoms with Gasteiger partial charge in [0.1, 0.15) is 5.58 Å². The predicted molar refractivity (Wildman–Crippen MR) is 85.4 cm³/mol. The molecule has 0 aliphatic carbocycles. The molecule has 0 bridgehead atoms. The second kappa shape index (κ2) is 7.09. The summed E-state index contributed by atoms with van der Waals surface area (Å²) in [5, 5.41) is 9.66. The van der Waals surface area contributed by atoms with Gasteiger partial charge in [0.15, 0.2) is 5.78 Å². The fourth-order valence-electron chi connectivity index (χ4n) is 2.33. The Morgan fingerprint density at radius 3 is 2.50 bits per heavy atom. The fourth-order valence-corrected chi connectivity index (χ4v) is 2.33. The number of benzene rings is 2. The van der Waals surface area contributed by atoms with Crippen molar-refractivity contribution < 1.29 is 22.0 Å². The molecule has 1 N–H and O–H groups in total. The summed E-state index contributed by atoms with van der Waals surface area (Å²) in [6, 6.07) is 13.9. The molecular weight excluding hydrogens is 308 g/mol. The van der Waals surface area contributed by atoms with Crippen molar-refractivity contribution >= 4 is 60.5 Å². The Balaban J connectivity index is 0.00000176. The van der Waals surface area contributed by atoms with Crippen molar-refractivity contribution in [3.8, 4) is 0 Å². The van der Waals surface area contributed by atoms with Crippen LogP contribution in [0.2, 0.25) is 0 Å². The molecule has 3 rings (SSSR count). The number of carboxylic acids is 1. The molecule has 0 amide bonds. The summed E-state index contributed by atoms with van der Waals surface area (Å²) in [6.45, 7) is 0. The zero-order chi connectivity index (χ0) is 14.8. The van der Waals surface area contributed by atoms with E-state index in [4.69, 9.17) is 9.52 Å². The summed E-state index contributed by atoms with van der Waals surface area (Å²) >= 11 is 0. The summed E-state index contributed by atoms with van der Waals surface area (Å²) in [4.78, 5) is 23.5. The van der Waals surface area contributed by atoms with Crippen molar-refractivity contribution in [2.45, 2.75) is 6.42 Å². The zero-order valence-corrected chi connectivity index (χ0v) is 14.0. The molecule has 0 spiro atoms. The minimum Gasteiger partial charge on any atom is -1.00 e. The van der Waals surface area contributed by atoms with Gasteiger partial charge in [0.25, 0.3) is 0 Å². The quantitative estimate of drug-likeness (QED) is 0.592. The topological polar surface area (TPSA) is 67.5 Å². The van der Waals surface area contributed by atoms with Crippen molar-refractivity contribution in [2.75, 3.05) is 0 Å². The van der Waals surface area contributed by atoms with Gasteiger partial charge in [-0.1, -0.05) is 30.3 Å². The smallest absolute Gasteiger partial charge is 1.00 e. The molecule has 108 valence electrons. The van der Waals surface area contributed by atoms with Gasteiger partial charge in [0, 0.05) is 10.9 Å². The van der Waals surface area contributed by atoms with Gasteiger partial charge in [-0.05, 0) is 23.8 Å². The third kappa shape index (κ3) is 3.40. The van der Waals surface area contributed by atoms with Crippen LogP contribution in [-0.4, -0.2) is 54.6 Å². The molecule has 0 saturated carbocycles. The molecule has 5 heteroatoms. The molecule has 0 unspecified atom stereocenters. The van der Waals surface area contributed by atoms with Crippen LogP contribution in [0.3, 0.4) is 0 Å². The van der Waals surface area contributed by atoms with E-state index in [1.165, 1.54) is 6.26 Å². The monoisotopic (exact) mass is 322 g/mol. The van der Waals surface area contributed by atoms with E-state index in [0.717, 1.165) is 5.39 Å². The average Bonchev–Trinajstić information content (AvgIpc) is 2.94. The van der Waals surface area contributed by atoms with E-state index in [1.54, 1.807) is 42.5 Å². The summed E-state index contributed by atoms with van der Waals surface area (Å²) in [6.07, 6.45) is 1.37. The molecule has 4 nitrogen and oxygen atoms in total. The third-order valence-corrected chi connectivity index (χ3v) is 3.25. The zero-order valence-electron chi connectivity index (χ0n) is 13.8. The molecular formula is C17H14CaO4. The number of aliphatic carboxylic acids is 1. The molecule has 0 saturated heterocycles. The van der Waals surface area contributed by atoms with E-state index in [9.17, 15) is 9.59 Å². The van der Waals surface area contributed by atoms with E-state index in [2.05, 4.69) is 0 Å². The number of hydrogen-bond acceptors (Lipinski definition) is 3. The summed E-state index contributed by atoms with van der Waals surface area (Å²) in [5.41, 5.74) is 2.00. The number of carbonyl (C=O) groups is 2. The van der Waals surface area contributed by atoms with Crippen LogP contribution in [0.15, 0.2) is 59.2 Å². The Morgan fingerprint density at radius 1 is 1.09 bits per heavy atom. The maximum Gasteiger partial charge on any atom is 2.00 e. The average molecular weight is 322 g/mol. The second-order valence-corrected chi connectivity index (χ2v) is 4.75. The first kappa shape index (κ1) is 16.7. The first-order valence-electron chi connectivity index (χ1n) is 6.47. The van der Waals surface area contributed by atoms with Crippen molar-refractivity contribution in [2.24, 2.45) is 0 Å². The van der Waals surface area contributed by atoms with E-state index >= 15 is 0 Å². The number of furan rings is 1. The van der Waals surface area contributed by atoms with Gasteiger partial charge in [-0.15, -0.1) is 0 Å². The van der Waals surface area contributed by atoms with Crippen LogP contribution in [0.25, 0.3) is 11.0 Å². The number of rotatable bonds is 4. The van der Waals surface area contributed by atoms with Crippen LogP contribution in [0, 0.1) is 0 Å². The molecule has 0 radical (unpaired) electrons. The van der Waals surface area contributed by atoms with Crippen LogP contribution in [-0.2, 0) is 11.2 Å². The third-order valence-electron chi connectivity index (χ3n) is 3.25. The number of carboxylic acid groups (broad SMARTS) is 1. The summed E-state index contributed by atoms with van der Waals surface area (Å²) < 4.78 is 5.38. The minimum absolute atomic E-state index is 0. The van der Waals surface area contributed by atoms with E-state index < -0.39 is 5.97 Å². The van der Waals surface area contributed by atoms with Crippen LogP contribution >= 0.6 is 0 Å². The maximum absolute atomic E-state index is 12.6. The van der Waals surface area contributed by atoms with Gasteiger partial charge in [-0.2, -0.15) is 0 Å². The second-order valence-electron chi connectivity index (χ2n) is 4.75. The van der Waals surface area contributed by atoms with Crippen molar-refractivity contribution in [1.29, 1.82) is 0 Å². The van der Waals surface area contributed by atoms with Crippen molar-refractivity contribution in [3.05, 3.63) is 71.5 Å². The van der Waals surface area contributed by atoms with Gasteiger partial charge in [0.05, 0.1) is 18.2 Å². The van der Waals surface area contributed by atoms with E-state index in [0.29, 0.717) is 22.3 Å². The normalized spacial score (nSPS) is 10.2. The molecule has 1 aromatic heterocycles. The van der Waals surface area contributed by atoms with Gasteiger partial charge in [-0.3, -0.25) is 9.59 Å². The number of hydrogen-bond donors (Lipinski definition) is 1. The number of fused-ring (bicyclic) bond motifs is 1. The van der Waals surface area contributed by atoms with Crippen LogP contribution in [0.5, 0.6) is 0 Å². The number of ketones is 1. The Kier molecular flexibility index (Phi) is 5.40. The van der Waals surface area contributed by atoms with Crippen LogP contribution in [0.1, 0.15) is 24.3 Å². The largest absolute Gasteiger partial charge is 2.00 e. The first-order valence-corrected chi connectivity index (χ1v) is 6.47. The molecule has 2 aromatic carbocycles. The SMILES string of the molecule is O=C(O)Cc1cc(C(=O)c2ccccc2)c2occc2c1.[Ca+2].[H-].[H-]. The Hall–Kier alpha value is -1.62. The molecule has 0 aliphatic rings. The van der Waals surface area contributed by atoms with Crippen LogP contribution < -0.4 is 0 Å². The van der Waals surface area contributed by atoms with E-state index in [-0.39, 0.29) is 52.8 Å². The van der Waals surface area contributed by atoms with Crippen LogP contribution in [0.4, 0.5) is 0 Å². The summed E-state index contributed by atoms with van der Waals surface area (Å²) in [7, 11) is 0. The summed E-state index contributed by atoms with van der Waals surface area (Å²) in [5.74, 6) is -1.11. The van der Waals surface area contributed by atoms with Gasteiger partial charge < -0.3 is 12.4 Å². The first-order chi connectivity index (χ1) is 10.1. The Morgan fingerprint density at radius 2 is 1.82 bits per heavy atom. The molecule has 22 heavy (non-hydrogen) atoms. The van der Waals surface area contributed by atoms with Gasteiger partial charge in [0.2, 0.25) is 0 Å². The Bertz CT molecular complexity index is 831. The number of carbonyl (C=O) groups excluding carboxylic acids is 1. The maximum atomic E-state index is 12.6. The van der Waals surface area contributed by atoms with Crippen molar-refractivity contribution in [3.63, 3.8) is 0 Å². The predicted octanol–water partition coefficient (Wildman–Crippen LogP) is 3.14. The molecule has 0 atom stereocenters. The molecule has 3 aromatic rings. The standard InChI is InChI=1S/C17H12O4.Ca.2H/c18-15(19)10-11-8-13-6-7-21-17(13)14(9-11)16(20)12-4-2-1-3-5-12;;;/h1-9H,10H2,(H,18,19);;;/q;+2;2*-1. The Labute approximate surface area is 159 Å². The van der Waals surface area contributed by atoms with Gasteiger partial charge in [-0.25, -0.2) is 0 Å². The fraction of sp³-hybridized carbons (Fsp3) is 0.0588. The molecule has 1 heterocycles. The molecule has 0 aliphatic heterocycles. The van der Waals surface area contributed by atoms with Gasteiger partial charge >= 0.3 is 43.7 Å². The minimum atomic E-state index is -0.934. The van der Waals surface area contributed by atoms with E-state index in [1.807, 2.05) is 6.07 Å². The van der Waals surface area contributed by atoms with Crippen molar-refractivity contribution in [1.82, 2.24) is 0 Å².